The summed E-state index contributed by atoms with van der Waals surface area (Å²) in [6, 6.07) is 11.5. The van der Waals surface area contributed by atoms with E-state index in [-0.39, 0.29) is 16.8 Å². The predicted molar refractivity (Wildman–Crippen MR) is 116 cm³/mol. The van der Waals surface area contributed by atoms with Crippen LogP contribution in [0, 0.1) is 15.9 Å². The Kier molecular flexibility index (Phi) is 5.85. The van der Waals surface area contributed by atoms with Crippen molar-refractivity contribution in [2.24, 2.45) is 0 Å². The molecule has 1 aliphatic rings. The number of anilines is 1. The lowest BCUT2D eigenvalue weighted by Gasteiger charge is -2.26. The number of amides is 1. The highest BCUT2D eigenvalue weighted by Gasteiger charge is 2.48. The van der Waals surface area contributed by atoms with E-state index in [9.17, 15) is 42.4 Å². The molecule has 1 fully saturated rings. The number of ketones is 1. The van der Waals surface area contributed by atoms with Crippen molar-refractivity contribution >= 4 is 28.8 Å². The molecule has 0 aliphatic carbocycles. The van der Waals surface area contributed by atoms with Gasteiger partial charge < -0.3 is 5.11 Å². The zero-order valence-electron chi connectivity index (χ0n) is 17.5. The molecule has 1 atom stereocenters. The van der Waals surface area contributed by atoms with Gasteiger partial charge in [0.1, 0.15) is 11.6 Å². The van der Waals surface area contributed by atoms with Gasteiger partial charge in [-0.05, 0) is 30.3 Å². The molecule has 0 spiro atoms. The number of hydrogen-bond donors (Lipinski definition) is 1. The van der Waals surface area contributed by atoms with Crippen LogP contribution in [0.5, 0.6) is 0 Å². The highest BCUT2D eigenvalue weighted by atomic mass is 19.4. The van der Waals surface area contributed by atoms with Crippen LogP contribution in [0.4, 0.5) is 28.9 Å². The van der Waals surface area contributed by atoms with E-state index in [2.05, 4.69) is 0 Å². The quantitative estimate of drug-likeness (QED) is 0.133. The number of hydrogen-bond acceptors (Lipinski definition) is 5. The zero-order chi connectivity index (χ0) is 25.5. The third-order valence-electron chi connectivity index (χ3n) is 5.45. The number of alkyl halides is 3. The standard InChI is InChI=1S/C24H14F4N2O5/c25-18-7-2-1-6-17(18)20-19(21(31)13-4-3-5-16(12-13)30(34)35)22(32)23(33)29(20)15-10-8-14(9-11-15)24(26,27)28/h1-12,20,31H/b21-19+. The van der Waals surface area contributed by atoms with Gasteiger partial charge in [0.15, 0.2) is 0 Å². The number of non-ortho nitro benzene ring substituents is 1. The third kappa shape index (κ3) is 4.23. The predicted octanol–water partition coefficient (Wildman–Crippen LogP) is 5.38. The number of nitro groups is 1. The van der Waals surface area contributed by atoms with Crippen molar-refractivity contribution < 1.29 is 37.2 Å². The van der Waals surface area contributed by atoms with Gasteiger partial charge in [-0.3, -0.25) is 24.6 Å². The van der Waals surface area contributed by atoms with Gasteiger partial charge in [0.2, 0.25) is 0 Å². The van der Waals surface area contributed by atoms with Crippen LogP contribution in [0.3, 0.4) is 0 Å². The topological polar surface area (TPSA) is 101 Å². The summed E-state index contributed by atoms with van der Waals surface area (Å²) in [6.45, 7) is 0. The first-order chi connectivity index (χ1) is 16.5. The van der Waals surface area contributed by atoms with E-state index >= 15 is 0 Å². The van der Waals surface area contributed by atoms with E-state index in [4.69, 9.17) is 0 Å². The van der Waals surface area contributed by atoms with Crippen molar-refractivity contribution in [3.05, 3.63) is 111 Å². The minimum Gasteiger partial charge on any atom is -0.507 e. The molecular weight excluding hydrogens is 472 g/mol. The van der Waals surface area contributed by atoms with Crippen molar-refractivity contribution in [1.82, 2.24) is 0 Å². The Balaban J connectivity index is 1.93. The molecule has 7 nitrogen and oxygen atoms in total. The Labute approximate surface area is 194 Å². The number of rotatable bonds is 4. The van der Waals surface area contributed by atoms with E-state index in [1.807, 2.05) is 0 Å². The highest BCUT2D eigenvalue weighted by molar-refractivity contribution is 6.51. The molecule has 11 heteroatoms. The Morgan fingerprint density at radius 2 is 1.63 bits per heavy atom. The average Bonchev–Trinajstić information content (AvgIpc) is 3.08. The van der Waals surface area contributed by atoms with Crippen LogP contribution in [0.2, 0.25) is 0 Å². The van der Waals surface area contributed by atoms with E-state index in [0.29, 0.717) is 12.1 Å². The van der Waals surface area contributed by atoms with Crippen molar-refractivity contribution in [3.8, 4) is 0 Å². The lowest BCUT2D eigenvalue weighted by Crippen LogP contribution is -2.30. The molecule has 3 aromatic carbocycles. The summed E-state index contributed by atoms with van der Waals surface area (Å²) < 4.78 is 53.8. The van der Waals surface area contributed by atoms with Crippen molar-refractivity contribution in [3.63, 3.8) is 0 Å². The number of nitrogens with zero attached hydrogens (tertiary/aromatic N) is 2. The first-order valence-corrected chi connectivity index (χ1v) is 9.98. The van der Waals surface area contributed by atoms with Crippen LogP contribution >= 0.6 is 0 Å². The molecule has 1 N–H and O–H groups in total. The van der Waals surface area contributed by atoms with Crippen LogP contribution < -0.4 is 4.90 Å². The van der Waals surface area contributed by atoms with Gasteiger partial charge in [-0.2, -0.15) is 13.2 Å². The maximum absolute atomic E-state index is 14.8. The maximum atomic E-state index is 14.8. The average molecular weight is 486 g/mol. The number of carbonyl (C=O) groups excluding carboxylic acids is 2. The molecule has 1 saturated heterocycles. The fraction of sp³-hybridized carbons (Fsp3) is 0.0833. The van der Waals surface area contributed by atoms with Crippen LogP contribution in [-0.4, -0.2) is 21.7 Å². The van der Waals surface area contributed by atoms with Crippen LogP contribution in [0.1, 0.15) is 22.7 Å². The molecular formula is C24H14F4N2O5. The van der Waals surface area contributed by atoms with Gasteiger partial charge in [-0.15, -0.1) is 0 Å². The van der Waals surface area contributed by atoms with E-state index in [1.54, 1.807) is 0 Å². The first-order valence-electron chi connectivity index (χ1n) is 9.98. The SMILES string of the molecule is O=C1C(=O)N(c2ccc(C(F)(F)F)cc2)C(c2ccccc2F)/C1=C(\O)c1cccc([N+](=O)[O-])c1. The minimum absolute atomic E-state index is 0.147. The number of carbonyl (C=O) groups is 2. The second-order valence-corrected chi connectivity index (χ2v) is 7.54. The zero-order valence-corrected chi connectivity index (χ0v) is 17.5. The molecule has 3 aromatic rings. The molecule has 1 amide bonds. The summed E-state index contributed by atoms with van der Waals surface area (Å²) in [5, 5.41) is 22.1. The van der Waals surface area contributed by atoms with E-state index < -0.39 is 57.2 Å². The maximum Gasteiger partial charge on any atom is 0.416 e. The second-order valence-electron chi connectivity index (χ2n) is 7.54. The smallest absolute Gasteiger partial charge is 0.416 e. The lowest BCUT2D eigenvalue weighted by atomic mass is 9.94. The normalized spacial score (nSPS) is 17.6. The number of halogens is 4. The van der Waals surface area contributed by atoms with Crippen molar-refractivity contribution in [2.45, 2.75) is 12.2 Å². The van der Waals surface area contributed by atoms with Gasteiger partial charge in [0.25, 0.3) is 17.4 Å². The second kappa shape index (κ2) is 8.67. The largest absolute Gasteiger partial charge is 0.507 e. The molecule has 178 valence electrons. The molecule has 1 aliphatic heterocycles. The highest BCUT2D eigenvalue weighted by Crippen LogP contribution is 2.43. The van der Waals surface area contributed by atoms with Gasteiger partial charge in [0, 0.05) is 28.9 Å². The Morgan fingerprint density at radius 1 is 0.971 bits per heavy atom. The van der Waals surface area contributed by atoms with Gasteiger partial charge >= 0.3 is 6.18 Å². The molecule has 0 radical (unpaired) electrons. The van der Waals surface area contributed by atoms with Crippen LogP contribution in [-0.2, 0) is 15.8 Å². The number of Topliss-reactive ketones (excluding diaryl/α,β-unsaturated/α-hetero) is 1. The van der Waals surface area contributed by atoms with Crippen molar-refractivity contribution in [1.29, 1.82) is 0 Å². The summed E-state index contributed by atoms with van der Waals surface area (Å²) in [4.78, 5) is 37.2. The van der Waals surface area contributed by atoms with E-state index in [0.717, 1.165) is 35.2 Å². The first kappa shape index (κ1) is 23.6. The molecule has 1 heterocycles. The van der Waals surface area contributed by atoms with Crippen molar-refractivity contribution in [2.75, 3.05) is 4.90 Å². The number of aliphatic hydroxyl groups is 1. The monoisotopic (exact) mass is 486 g/mol. The van der Waals surface area contributed by atoms with Gasteiger partial charge in [-0.1, -0.05) is 30.3 Å². The molecule has 4 rings (SSSR count). The number of benzene rings is 3. The minimum atomic E-state index is -4.65. The Morgan fingerprint density at radius 3 is 2.23 bits per heavy atom. The summed E-state index contributed by atoms with van der Waals surface area (Å²) in [7, 11) is 0. The van der Waals surface area contributed by atoms with Crippen LogP contribution in [0.25, 0.3) is 5.76 Å². The van der Waals surface area contributed by atoms with Gasteiger partial charge in [-0.25, -0.2) is 4.39 Å². The number of nitro benzene ring substituents is 1. The third-order valence-corrected chi connectivity index (χ3v) is 5.45. The molecule has 0 bridgehead atoms. The fourth-order valence-electron chi connectivity index (χ4n) is 3.82. The molecule has 0 aromatic heterocycles. The molecule has 35 heavy (non-hydrogen) atoms. The molecule has 0 saturated carbocycles. The Hall–Kier alpha value is -4.54. The van der Waals surface area contributed by atoms with Crippen LogP contribution in [0.15, 0.2) is 78.4 Å². The van der Waals surface area contributed by atoms with Gasteiger partial charge in [0.05, 0.1) is 22.1 Å². The van der Waals surface area contributed by atoms with E-state index in [1.165, 1.54) is 30.3 Å². The fourth-order valence-corrected chi connectivity index (χ4v) is 3.82. The Bertz CT molecular complexity index is 1380. The summed E-state index contributed by atoms with van der Waals surface area (Å²) in [6.07, 6.45) is -4.65. The summed E-state index contributed by atoms with van der Waals surface area (Å²) in [5.74, 6) is -4.09. The summed E-state index contributed by atoms with van der Waals surface area (Å²) >= 11 is 0. The lowest BCUT2D eigenvalue weighted by molar-refractivity contribution is -0.384. The number of aliphatic hydroxyl groups excluding tert-OH is 1. The molecule has 1 unspecified atom stereocenters. The summed E-state index contributed by atoms with van der Waals surface area (Å²) in [5.41, 5.74) is -2.51.